The molecule has 5 aromatic carbocycles. The SMILES string of the molecule is COC(=O)c1ccccc1NC(Cc1ccc(-c2cccc(N(C)C(=O)Nc3ccc4ccccc4c3)c2)cc1)C(=O)O. The number of carbonyl (C=O) groups excluding carboxylic acids is 2. The van der Waals surface area contributed by atoms with E-state index in [1.165, 1.54) is 7.11 Å². The number of aliphatic carboxylic acids is 1. The Labute approximate surface area is 249 Å². The third kappa shape index (κ3) is 6.82. The summed E-state index contributed by atoms with van der Waals surface area (Å²) in [6, 6.07) is 34.5. The number of rotatable bonds is 9. The van der Waals surface area contributed by atoms with Gasteiger partial charge in [0.1, 0.15) is 6.04 Å². The van der Waals surface area contributed by atoms with E-state index < -0.39 is 18.0 Å². The molecule has 0 aliphatic rings. The third-order valence-electron chi connectivity index (χ3n) is 7.23. The number of urea groups is 1. The number of carbonyl (C=O) groups is 3. The Balaban J connectivity index is 1.27. The second kappa shape index (κ2) is 12.9. The monoisotopic (exact) mass is 573 g/mol. The standard InChI is InChI=1S/C35H31N3O5/c1-38(35(42)36-28-19-18-24-8-3-4-9-26(24)21-28)29-11-7-10-27(22-29)25-16-14-23(15-17-25)20-32(33(39)40)37-31-13-6-5-12-30(31)34(41)43-2/h3-19,21-22,32,37H,20H2,1-2H3,(H,36,42)(H,39,40). The van der Waals surface area contributed by atoms with Gasteiger partial charge >= 0.3 is 18.0 Å². The second-order valence-corrected chi connectivity index (χ2v) is 10.1. The van der Waals surface area contributed by atoms with Gasteiger partial charge in [-0.1, -0.05) is 78.9 Å². The Hall–Kier alpha value is -5.63. The normalized spacial score (nSPS) is 11.4. The molecule has 0 radical (unpaired) electrons. The molecule has 43 heavy (non-hydrogen) atoms. The largest absolute Gasteiger partial charge is 0.480 e. The summed E-state index contributed by atoms with van der Waals surface area (Å²) >= 11 is 0. The number of fused-ring (bicyclic) bond motifs is 1. The lowest BCUT2D eigenvalue weighted by Crippen LogP contribution is -2.32. The van der Waals surface area contributed by atoms with Crippen LogP contribution in [0.25, 0.3) is 21.9 Å². The maximum Gasteiger partial charge on any atom is 0.339 e. The number of benzene rings is 5. The summed E-state index contributed by atoms with van der Waals surface area (Å²) in [6.07, 6.45) is 0.197. The van der Waals surface area contributed by atoms with Crippen molar-refractivity contribution in [2.24, 2.45) is 0 Å². The van der Waals surface area contributed by atoms with Gasteiger partial charge in [0, 0.05) is 30.5 Å². The van der Waals surface area contributed by atoms with Crippen LogP contribution in [0, 0.1) is 0 Å². The Morgan fingerprint density at radius 2 is 1.51 bits per heavy atom. The first-order chi connectivity index (χ1) is 20.8. The molecule has 0 bridgehead atoms. The van der Waals surface area contributed by atoms with Gasteiger partial charge in [-0.2, -0.15) is 0 Å². The Morgan fingerprint density at radius 3 is 2.26 bits per heavy atom. The van der Waals surface area contributed by atoms with E-state index in [1.54, 1.807) is 36.2 Å². The van der Waals surface area contributed by atoms with Crippen molar-refractivity contribution in [3.05, 3.63) is 126 Å². The minimum atomic E-state index is -1.04. The first-order valence-electron chi connectivity index (χ1n) is 13.7. The number of para-hydroxylation sites is 1. The highest BCUT2D eigenvalue weighted by atomic mass is 16.5. The second-order valence-electron chi connectivity index (χ2n) is 10.1. The molecule has 3 N–H and O–H groups in total. The molecule has 0 aliphatic heterocycles. The van der Waals surface area contributed by atoms with Crippen LogP contribution in [-0.2, 0) is 16.0 Å². The lowest BCUT2D eigenvalue weighted by Gasteiger charge is -2.19. The number of carboxylic acids is 1. The zero-order valence-corrected chi connectivity index (χ0v) is 23.8. The molecule has 0 fully saturated rings. The molecule has 0 spiro atoms. The number of nitrogens with zero attached hydrogens (tertiary/aromatic N) is 1. The first-order valence-corrected chi connectivity index (χ1v) is 13.7. The fourth-order valence-electron chi connectivity index (χ4n) is 4.84. The third-order valence-corrected chi connectivity index (χ3v) is 7.23. The lowest BCUT2D eigenvalue weighted by atomic mass is 10.00. The van der Waals surface area contributed by atoms with Crippen molar-refractivity contribution >= 4 is 45.8 Å². The van der Waals surface area contributed by atoms with Crippen molar-refractivity contribution in [1.29, 1.82) is 0 Å². The highest BCUT2D eigenvalue weighted by molar-refractivity contribution is 6.03. The van der Waals surface area contributed by atoms with E-state index in [1.807, 2.05) is 91.0 Å². The zero-order valence-electron chi connectivity index (χ0n) is 23.8. The van der Waals surface area contributed by atoms with Gasteiger partial charge in [0.05, 0.1) is 12.7 Å². The molecule has 8 heteroatoms. The Morgan fingerprint density at radius 1 is 0.791 bits per heavy atom. The number of hydrogen-bond donors (Lipinski definition) is 3. The molecule has 8 nitrogen and oxygen atoms in total. The van der Waals surface area contributed by atoms with Gasteiger partial charge in [-0.25, -0.2) is 14.4 Å². The van der Waals surface area contributed by atoms with Crippen LogP contribution in [0.15, 0.2) is 115 Å². The van der Waals surface area contributed by atoms with Crippen LogP contribution in [-0.4, -0.2) is 43.3 Å². The fraction of sp³-hybridized carbons (Fsp3) is 0.114. The van der Waals surface area contributed by atoms with Crippen molar-refractivity contribution in [1.82, 2.24) is 0 Å². The summed E-state index contributed by atoms with van der Waals surface area (Å²) in [6.45, 7) is 0. The summed E-state index contributed by atoms with van der Waals surface area (Å²) in [4.78, 5) is 38.8. The summed E-state index contributed by atoms with van der Waals surface area (Å²) in [5.41, 5.74) is 4.73. The summed E-state index contributed by atoms with van der Waals surface area (Å²) < 4.78 is 4.82. The van der Waals surface area contributed by atoms with Gasteiger partial charge in [-0.05, 0) is 63.9 Å². The Bertz CT molecular complexity index is 1780. The number of nitrogens with one attached hydrogen (secondary N) is 2. The molecule has 0 saturated carbocycles. The average Bonchev–Trinajstić information content (AvgIpc) is 3.04. The van der Waals surface area contributed by atoms with Gasteiger partial charge in [0.2, 0.25) is 0 Å². The van der Waals surface area contributed by atoms with Crippen LogP contribution < -0.4 is 15.5 Å². The Kier molecular flexibility index (Phi) is 8.67. The van der Waals surface area contributed by atoms with Crippen LogP contribution in [0.1, 0.15) is 15.9 Å². The maximum absolute atomic E-state index is 13.0. The van der Waals surface area contributed by atoms with E-state index in [2.05, 4.69) is 10.6 Å². The summed E-state index contributed by atoms with van der Waals surface area (Å²) in [5, 5.41) is 17.9. The van der Waals surface area contributed by atoms with Gasteiger partial charge in [-0.15, -0.1) is 0 Å². The van der Waals surface area contributed by atoms with Crippen molar-refractivity contribution in [2.45, 2.75) is 12.5 Å². The quantitative estimate of drug-likeness (QED) is 0.163. The molecule has 2 amide bonds. The molecule has 1 atom stereocenters. The van der Waals surface area contributed by atoms with E-state index in [0.717, 1.165) is 33.2 Å². The van der Waals surface area contributed by atoms with Crippen molar-refractivity contribution < 1.29 is 24.2 Å². The predicted molar refractivity (Wildman–Crippen MR) is 170 cm³/mol. The van der Waals surface area contributed by atoms with Gasteiger partial charge < -0.3 is 20.5 Å². The number of carboxylic acid groups (broad SMARTS) is 1. The van der Waals surface area contributed by atoms with Crippen LogP contribution in [0.3, 0.4) is 0 Å². The molecular weight excluding hydrogens is 542 g/mol. The van der Waals surface area contributed by atoms with Gasteiger partial charge in [0.15, 0.2) is 0 Å². The van der Waals surface area contributed by atoms with Crippen LogP contribution in [0.2, 0.25) is 0 Å². The van der Waals surface area contributed by atoms with Gasteiger partial charge in [0.25, 0.3) is 0 Å². The number of amides is 2. The molecule has 1 unspecified atom stereocenters. The number of hydrogen-bond acceptors (Lipinski definition) is 5. The van der Waals surface area contributed by atoms with Crippen LogP contribution >= 0.6 is 0 Å². The number of anilines is 3. The fourth-order valence-corrected chi connectivity index (χ4v) is 4.84. The highest BCUT2D eigenvalue weighted by Crippen LogP contribution is 2.27. The molecule has 0 aromatic heterocycles. The van der Waals surface area contributed by atoms with Gasteiger partial charge in [-0.3, -0.25) is 4.90 Å². The smallest absolute Gasteiger partial charge is 0.339 e. The van der Waals surface area contributed by atoms with E-state index in [9.17, 15) is 19.5 Å². The van der Waals surface area contributed by atoms with E-state index >= 15 is 0 Å². The van der Waals surface area contributed by atoms with E-state index in [-0.39, 0.29) is 18.0 Å². The van der Waals surface area contributed by atoms with Crippen LogP contribution in [0.5, 0.6) is 0 Å². The number of ether oxygens (including phenoxy) is 1. The maximum atomic E-state index is 13.0. The predicted octanol–water partition coefficient (Wildman–Crippen LogP) is 7.07. The van der Waals surface area contributed by atoms with Crippen molar-refractivity contribution in [2.75, 3.05) is 29.7 Å². The number of methoxy groups -OCH3 is 1. The van der Waals surface area contributed by atoms with Crippen molar-refractivity contribution in [3.63, 3.8) is 0 Å². The molecular formula is C35H31N3O5. The first kappa shape index (κ1) is 28.9. The molecule has 216 valence electrons. The summed E-state index contributed by atoms with van der Waals surface area (Å²) in [7, 11) is 3.00. The van der Waals surface area contributed by atoms with Crippen molar-refractivity contribution in [3.8, 4) is 11.1 Å². The molecule has 5 aromatic rings. The minimum Gasteiger partial charge on any atom is -0.480 e. The highest BCUT2D eigenvalue weighted by Gasteiger charge is 2.21. The van der Waals surface area contributed by atoms with Crippen LogP contribution in [0.4, 0.5) is 21.9 Å². The number of esters is 1. The molecule has 0 saturated heterocycles. The average molecular weight is 574 g/mol. The minimum absolute atomic E-state index is 0.197. The van der Waals surface area contributed by atoms with E-state index in [4.69, 9.17) is 4.74 Å². The zero-order chi connectivity index (χ0) is 30.3. The molecule has 0 aliphatic carbocycles. The topological polar surface area (TPSA) is 108 Å². The lowest BCUT2D eigenvalue weighted by molar-refractivity contribution is -0.137. The summed E-state index contributed by atoms with van der Waals surface area (Å²) in [5.74, 6) is -1.59. The molecule has 5 rings (SSSR count). The van der Waals surface area contributed by atoms with E-state index in [0.29, 0.717) is 11.4 Å². The molecule has 0 heterocycles.